The lowest BCUT2D eigenvalue weighted by Crippen LogP contribution is -2.23. The maximum Gasteiger partial charge on any atom is 0.143 e. The van der Waals surface area contributed by atoms with Gasteiger partial charge in [0.1, 0.15) is 11.2 Å². The lowest BCUT2D eigenvalue weighted by atomic mass is 9.89. The van der Waals surface area contributed by atoms with Gasteiger partial charge in [-0.15, -0.1) is 0 Å². The molecule has 8 rings (SSSR count). The van der Waals surface area contributed by atoms with E-state index in [0.717, 1.165) is 43.3 Å². The Labute approximate surface area is 248 Å². The summed E-state index contributed by atoms with van der Waals surface area (Å²) >= 11 is 0. The van der Waals surface area contributed by atoms with Gasteiger partial charge in [0.05, 0.1) is 0 Å². The summed E-state index contributed by atoms with van der Waals surface area (Å²) in [7, 11) is 0. The average molecular weight is 546 g/mol. The monoisotopic (exact) mass is 545 g/mol. The van der Waals surface area contributed by atoms with E-state index >= 15 is 0 Å². The minimum atomic E-state index is 0.434. The minimum absolute atomic E-state index is 0.434. The van der Waals surface area contributed by atoms with Crippen LogP contribution < -0.4 is 4.90 Å². The average Bonchev–Trinajstić information content (AvgIpc) is 3.46. The molecule has 0 N–H and O–H groups in total. The van der Waals surface area contributed by atoms with Crippen LogP contribution in [0.5, 0.6) is 0 Å². The number of para-hydroxylation sites is 1. The van der Waals surface area contributed by atoms with Crippen LogP contribution in [-0.4, -0.2) is 0 Å². The first-order valence-corrected chi connectivity index (χ1v) is 15.5. The normalized spacial score (nSPS) is 18.1. The van der Waals surface area contributed by atoms with Crippen molar-refractivity contribution in [2.75, 3.05) is 4.90 Å². The molecule has 0 aliphatic heterocycles. The molecule has 1 heterocycles. The molecule has 1 atom stereocenters. The number of benzene rings is 4. The van der Waals surface area contributed by atoms with Crippen molar-refractivity contribution in [2.24, 2.45) is 0 Å². The van der Waals surface area contributed by atoms with Crippen LogP contribution in [0.2, 0.25) is 0 Å². The van der Waals surface area contributed by atoms with Gasteiger partial charge in [-0.05, 0) is 97.5 Å². The number of allylic oxidation sites excluding steroid dienone is 6. The Bertz CT molecular complexity index is 1900. The molecular formula is C40H35NO. The number of aryl methyl sites for hydroxylation is 1. The van der Waals surface area contributed by atoms with Crippen molar-refractivity contribution in [2.45, 2.75) is 50.9 Å². The van der Waals surface area contributed by atoms with E-state index in [1.807, 2.05) is 0 Å². The van der Waals surface area contributed by atoms with Crippen LogP contribution in [0, 0.1) is 0 Å². The van der Waals surface area contributed by atoms with E-state index in [1.54, 1.807) is 0 Å². The van der Waals surface area contributed by atoms with E-state index in [2.05, 4.69) is 126 Å². The molecule has 1 aromatic heterocycles. The summed E-state index contributed by atoms with van der Waals surface area (Å²) in [6.07, 6.45) is 22.1. The molecule has 5 aromatic rings. The molecule has 0 spiro atoms. The van der Waals surface area contributed by atoms with E-state index in [0.29, 0.717) is 5.92 Å². The first-order valence-electron chi connectivity index (χ1n) is 15.5. The van der Waals surface area contributed by atoms with Crippen LogP contribution in [-0.2, 0) is 6.42 Å². The fourth-order valence-electron chi connectivity index (χ4n) is 7.08. The maximum atomic E-state index is 6.56. The van der Waals surface area contributed by atoms with Crippen LogP contribution in [0.4, 0.5) is 5.69 Å². The highest BCUT2D eigenvalue weighted by atomic mass is 16.3. The molecule has 0 radical (unpaired) electrons. The Morgan fingerprint density at radius 3 is 2.43 bits per heavy atom. The van der Waals surface area contributed by atoms with Crippen LogP contribution in [0.3, 0.4) is 0 Å². The molecule has 0 saturated heterocycles. The Kier molecular flexibility index (Phi) is 6.41. The van der Waals surface area contributed by atoms with Crippen LogP contribution >= 0.6 is 0 Å². The topological polar surface area (TPSA) is 16.4 Å². The number of rotatable bonds is 5. The van der Waals surface area contributed by atoms with Crippen molar-refractivity contribution >= 4 is 33.7 Å². The van der Waals surface area contributed by atoms with E-state index in [4.69, 9.17) is 4.42 Å². The summed E-state index contributed by atoms with van der Waals surface area (Å²) < 4.78 is 6.56. The van der Waals surface area contributed by atoms with E-state index in [-0.39, 0.29) is 0 Å². The Morgan fingerprint density at radius 1 is 0.762 bits per heavy atom. The smallest absolute Gasteiger partial charge is 0.143 e. The number of hydrogen-bond donors (Lipinski definition) is 0. The van der Waals surface area contributed by atoms with E-state index in [9.17, 15) is 0 Å². The second kappa shape index (κ2) is 10.7. The van der Waals surface area contributed by atoms with Gasteiger partial charge >= 0.3 is 0 Å². The zero-order valence-electron chi connectivity index (χ0n) is 23.9. The highest BCUT2D eigenvalue weighted by Gasteiger charge is 2.23. The number of furan rings is 1. The SMILES string of the molecule is C1=Cc2cc(-c3ccc(N(C4=CCC(c5ccccc5)C=C4)C4=CCCCC4)cc3)c3oc4ccccc4c3c2CC1. The van der Waals surface area contributed by atoms with E-state index < -0.39 is 0 Å². The molecule has 0 amide bonds. The third-order valence-corrected chi connectivity index (χ3v) is 9.21. The number of hydrogen-bond acceptors (Lipinski definition) is 2. The van der Waals surface area contributed by atoms with Gasteiger partial charge in [0.2, 0.25) is 0 Å². The molecule has 4 aromatic carbocycles. The third kappa shape index (κ3) is 4.43. The second-order valence-electron chi connectivity index (χ2n) is 11.8. The van der Waals surface area contributed by atoms with Gasteiger partial charge in [0.15, 0.2) is 0 Å². The maximum absolute atomic E-state index is 6.56. The Morgan fingerprint density at radius 2 is 1.62 bits per heavy atom. The standard InChI is InChI=1S/C40H35NO/c1-3-11-28(12-4-1)29-19-23-33(24-20-29)41(32-14-5-2-6-15-32)34-25-21-30(22-26-34)37-27-31-13-7-8-16-35(31)39-36-17-9-10-18-38(36)42-40(37)39/h1,3-4,7,9-14,17-19,21-27,29H,2,5-6,8,15-16,20H2. The first-order chi connectivity index (χ1) is 20.8. The minimum Gasteiger partial charge on any atom is -0.455 e. The predicted molar refractivity (Wildman–Crippen MR) is 177 cm³/mol. The van der Waals surface area contributed by atoms with Gasteiger partial charge in [0.25, 0.3) is 0 Å². The van der Waals surface area contributed by atoms with Gasteiger partial charge in [-0.25, -0.2) is 0 Å². The molecule has 206 valence electrons. The summed E-state index contributed by atoms with van der Waals surface area (Å²) in [5.74, 6) is 0.434. The van der Waals surface area contributed by atoms with Crippen LogP contribution in [0.25, 0.3) is 39.1 Å². The molecule has 1 unspecified atom stereocenters. The summed E-state index contributed by atoms with van der Waals surface area (Å²) in [5.41, 5.74) is 12.4. The van der Waals surface area contributed by atoms with Gasteiger partial charge < -0.3 is 9.32 Å². The van der Waals surface area contributed by atoms with Crippen LogP contribution in [0.1, 0.15) is 61.1 Å². The first kappa shape index (κ1) is 25.2. The molecule has 0 bridgehead atoms. The van der Waals surface area contributed by atoms with Crippen molar-refractivity contribution < 1.29 is 4.42 Å². The van der Waals surface area contributed by atoms with Crippen molar-refractivity contribution in [1.29, 1.82) is 0 Å². The van der Waals surface area contributed by atoms with Crippen molar-refractivity contribution in [3.63, 3.8) is 0 Å². The molecular weight excluding hydrogens is 510 g/mol. The van der Waals surface area contributed by atoms with Gasteiger partial charge in [0, 0.05) is 39.3 Å². The zero-order valence-corrected chi connectivity index (χ0v) is 23.9. The van der Waals surface area contributed by atoms with E-state index in [1.165, 1.54) is 68.5 Å². The molecule has 3 aliphatic rings. The summed E-state index contributed by atoms with van der Waals surface area (Å²) in [5, 5.41) is 2.50. The zero-order chi connectivity index (χ0) is 27.9. The molecule has 3 aliphatic carbocycles. The lowest BCUT2D eigenvalue weighted by molar-refractivity contribution is 0.669. The molecule has 0 fully saturated rings. The summed E-state index contributed by atoms with van der Waals surface area (Å²) in [4.78, 5) is 2.49. The third-order valence-electron chi connectivity index (χ3n) is 9.21. The van der Waals surface area contributed by atoms with Gasteiger partial charge in [-0.3, -0.25) is 0 Å². The predicted octanol–water partition coefficient (Wildman–Crippen LogP) is 11.1. The highest BCUT2D eigenvalue weighted by Crippen LogP contribution is 2.42. The largest absolute Gasteiger partial charge is 0.455 e. The van der Waals surface area contributed by atoms with Gasteiger partial charge in [-0.1, -0.05) is 91.0 Å². The van der Waals surface area contributed by atoms with Crippen molar-refractivity contribution in [3.05, 3.63) is 143 Å². The summed E-state index contributed by atoms with van der Waals surface area (Å²) in [6.45, 7) is 0. The number of fused-ring (bicyclic) bond motifs is 5. The molecule has 0 saturated carbocycles. The van der Waals surface area contributed by atoms with Gasteiger partial charge in [-0.2, -0.15) is 0 Å². The fraction of sp³-hybridized carbons (Fsp3) is 0.200. The number of nitrogens with zero attached hydrogens (tertiary/aromatic N) is 1. The van der Waals surface area contributed by atoms with Crippen molar-refractivity contribution in [1.82, 2.24) is 0 Å². The number of anilines is 1. The Balaban J connectivity index is 1.19. The molecule has 42 heavy (non-hydrogen) atoms. The molecule has 2 heteroatoms. The van der Waals surface area contributed by atoms with Crippen LogP contribution in [0.15, 0.2) is 131 Å². The quantitative estimate of drug-likeness (QED) is 0.218. The lowest BCUT2D eigenvalue weighted by Gasteiger charge is -2.32. The Hall–Kier alpha value is -4.56. The molecule has 2 nitrogen and oxygen atoms in total. The second-order valence-corrected chi connectivity index (χ2v) is 11.8. The summed E-state index contributed by atoms with van der Waals surface area (Å²) in [6, 6.07) is 30.8. The highest BCUT2D eigenvalue weighted by molar-refractivity contribution is 6.12. The van der Waals surface area contributed by atoms with Crippen molar-refractivity contribution in [3.8, 4) is 11.1 Å². The fourth-order valence-corrected chi connectivity index (χ4v) is 7.08.